The summed E-state index contributed by atoms with van der Waals surface area (Å²) in [5.74, 6) is 0.604. The zero-order valence-corrected chi connectivity index (χ0v) is 18.8. The van der Waals surface area contributed by atoms with Crippen molar-refractivity contribution < 1.29 is 27.7 Å². The molecule has 184 valence electrons. The highest BCUT2D eigenvalue weighted by Gasteiger charge is 2.50. The molecule has 0 bridgehead atoms. The Morgan fingerprint density at radius 3 is 2.50 bits per heavy atom. The van der Waals surface area contributed by atoms with Crippen LogP contribution in [-0.4, -0.2) is 54.3 Å². The first kappa shape index (κ1) is 25.4. The molecule has 11 nitrogen and oxygen atoms in total. The normalized spacial score (nSPS) is 22.4. The van der Waals surface area contributed by atoms with Crippen LogP contribution >= 0.6 is 0 Å². The first-order chi connectivity index (χ1) is 16.2. The van der Waals surface area contributed by atoms with Gasteiger partial charge in [-0.2, -0.15) is 8.78 Å². The zero-order valence-electron chi connectivity index (χ0n) is 18.8. The van der Waals surface area contributed by atoms with Gasteiger partial charge in [-0.15, -0.1) is 0 Å². The van der Waals surface area contributed by atoms with Gasteiger partial charge >= 0.3 is 11.8 Å². The van der Waals surface area contributed by atoms with Crippen LogP contribution in [0.3, 0.4) is 0 Å². The highest BCUT2D eigenvalue weighted by Crippen LogP contribution is 2.37. The molecule has 1 aromatic heterocycles. The number of methoxy groups -OCH3 is 2. The molecule has 0 N–H and O–H groups in total. The minimum absolute atomic E-state index is 0.0719. The molecule has 0 spiro atoms. The third-order valence-electron chi connectivity index (χ3n) is 5.39. The lowest BCUT2D eigenvalue weighted by Crippen LogP contribution is -2.46. The van der Waals surface area contributed by atoms with Crippen LogP contribution in [-0.2, 0) is 20.8 Å². The molecule has 2 aromatic rings. The molecule has 0 radical (unpaired) electrons. The van der Waals surface area contributed by atoms with Crippen LogP contribution in [0, 0.1) is 0 Å². The second-order valence-corrected chi connectivity index (χ2v) is 7.60. The zero-order chi connectivity index (χ0) is 24.9. The van der Waals surface area contributed by atoms with E-state index < -0.39 is 48.4 Å². The van der Waals surface area contributed by atoms with Gasteiger partial charge in [-0.3, -0.25) is 13.9 Å². The summed E-state index contributed by atoms with van der Waals surface area (Å²) in [5.41, 5.74) is 8.22. The number of hydrogen-bond acceptors (Lipinski definition) is 7. The molecule has 3 rings (SSSR count). The number of alkyl halides is 2. The summed E-state index contributed by atoms with van der Waals surface area (Å²) < 4.78 is 51.0. The van der Waals surface area contributed by atoms with E-state index in [4.69, 9.17) is 19.7 Å². The Morgan fingerprint density at radius 1 is 1.21 bits per heavy atom. The summed E-state index contributed by atoms with van der Waals surface area (Å²) in [6.07, 6.45) is -5.98. The van der Waals surface area contributed by atoms with E-state index in [9.17, 15) is 18.4 Å². The maximum Gasteiger partial charge on any atom is 0.379 e. The molecular weight excluding hydrogens is 456 g/mol. The lowest BCUT2D eigenvalue weighted by Gasteiger charge is -2.27. The van der Waals surface area contributed by atoms with Crippen molar-refractivity contribution in [2.75, 3.05) is 20.8 Å². The number of ether oxygens (including phenoxy) is 4. The largest absolute Gasteiger partial charge is 0.497 e. The van der Waals surface area contributed by atoms with Crippen molar-refractivity contribution in [3.8, 4) is 5.75 Å². The van der Waals surface area contributed by atoms with Gasteiger partial charge in [0.25, 0.3) is 5.56 Å². The molecule has 2 heterocycles. The van der Waals surface area contributed by atoms with Gasteiger partial charge in [0.1, 0.15) is 18.5 Å². The lowest BCUT2D eigenvalue weighted by atomic mass is 10.1. The van der Waals surface area contributed by atoms with Gasteiger partial charge in [0.2, 0.25) is 0 Å². The smallest absolute Gasteiger partial charge is 0.379 e. The fourth-order valence-electron chi connectivity index (χ4n) is 3.79. The number of aromatic nitrogens is 2. The van der Waals surface area contributed by atoms with Gasteiger partial charge in [-0.25, -0.2) is 4.79 Å². The van der Waals surface area contributed by atoms with Crippen LogP contribution in [0.25, 0.3) is 10.4 Å². The van der Waals surface area contributed by atoms with E-state index >= 15 is 0 Å². The summed E-state index contributed by atoms with van der Waals surface area (Å²) in [7, 11) is 2.60. The predicted octanol–water partition coefficient (Wildman–Crippen LogP) is 2.68. The van der Waals surface area contributed by atoms with Gasteiger partial charge in [-0.1, -0.05) is 24.2 Å². The minimum atomic E-state index is -3.74. The van der Waals surface area contributed by atoms with Crippen molar-refractivity contribution in [2.45, 2.75) is 50.5 Å². The predicted molar refractivity (Wildman–Crippen MR) is 116 cm³/mol. The van der Waals surface area contributed by atoms with Crippen LogP contribution < -0.4 is 16.0 Å². The van der Waals surface area contributed by atoms with Crippen LogP contribution in [0.2, 0.25) is 0 Å². The molecule has 13 heteroatoms. The van der Waals surface area contributed by atoms with Crippen LogP contribution in [0.1, 0.15) is 25.1 Å². The third-order valence-corrected chi connectivity index (χ3v) is 5.39. The van der Waals surface area contributed by atoms with Crippen molar-refractivity contribution in [2.24, 2.45) is 5.11 Å². The van der Waals surface area contributed by atoms with Gasteiger partial charge in [0, 0.05) is 24.3 Å². The Bertz CT molecular complexity index is 1150. The van der Waals surface area contributed by atoms with E-state index in [1.807, 2.05) is 0 Å². The summed E-state index contributed by atoms with van der Waals surface area (Å²) in [6, 6.07) is 6.73. The van der Waals surface area contributed by atoms with Crippen LogP contribution in [0.5, 0.6) is 5.75 Å². The van der Waals surface area contributed by atoms with E-state index in [1.54, 1.807) is 31.2 Å². The SMILES string of the molecule is CC[C@H]1O[C@@H](n2ccc(=O)n(Cc3ccc(OC)cc3)c2=O)[C@H](OC(F)(F)COC)[C@@H]1N=[N+]=[N-]. The Labute approximate surface area is 193 Å². The second-order valence-electron chi connectivity index (χ2n) is 7.60. The van der Waals surface area contributed by atoms with E-state index in [1.165, 1.54) is 7.11 Å². The highest BCUT2D eigenvalue weighted by molar-refractivity contribution is 5.27. The Balaban J connectivity index is 2.02. The van der Waals surface area contributed by atoms with E-state index in [0.717, 1.165) is 28.5 Å². The Hall–Kier alpha value is -3.25. The average molecular weight is 481 g/mol. The number of azide groups is 1. The Kier molecular flexibility index (Phi) is 8.05. The van der Waals surface area contributed by atoms with Crippen LogP contribution in [0.4, 0.5) is 8.78 Å². The maximum absolute atomic E-state index is 14.3. The number of rotatable bonds is 10. The second kappa shape index (κ2) is 10.8. The lowest BCUT2D eigenvalue weighted by molar-refractivity contribution is -0.293. The van der Waals surface area contributed by atoms with Gasteiger partial charge in [0.05, 0.1) is 25.8 Å². The molecule has 0 saturated carbocycles. The summed E-state index contributed by atoms with van der Waals surface area (Å²) in [6.45, 7) is 0.587. The maximum atomic E-state index is 14.3. The van der Waals surface area contributed by atoms with Crippen molar-refractivity contribution in [1.29, 1.82) is 0 Å². The number of hydrogen-bond donors (Lipinski definition) is 0. The van der Waals surface area contributed by atoms with Crippen molar-refractivity contribution in [3.05, 3.63) is 73.4 Å². The van der Waals surface area contributed by atoms with Gasteiger partial charge < -0.3 is 18.9 Å². The van der Waals surface area contributed by atoms with Gasteiger partial charge in [-0.05, 0) is 29.6 Å². The quantitative estimate of drug-likeness (QED) is 0.291. The first-order valence-corrected chi connectivity index (χ1v) is 10.4. The van der Waals surface area contributed by atoms with E-state index in [2.05, 4.69) is 14.8 Å². The first-order valence-electron chi connectivity index (χ1n) is 10.4. The van der Waals surface area contributed by atoms with Crippen molar-refractivity contribution in [3.63, 3.8) is 0 Å². The van der Waals surface area contributed by atoms with E-state index in [0.29, 0.717) is 17.7 Å². The molecule has 0 aliphatic carbocycles. The molecule has 0 amide bonds. The van der Waals surface area contributed by atoms with E-state index in [-0.39, 0.29) is 6.54 Å². The summed E-state index contributed by atoms with van der Waals surface area (Å²) >= 11 is 0. The number of nitrogens with zero attached hydrogens (tertiary/aromatic N) is 5. The monoisotopic (exact) mass is 481 g/mol. The molecule has 1 aliphatic rings. The standard InChI is InChI=1S/C21H25F2N5O6/c1-4-15-17(25-26-24)18(34-21(22,23)12-31-2)19(33-15)27-10-9-16(29)28(20(27)30)11-13-5-7-14(32-3)8-6-13/h5-10,15,17-19H,4,11-12H2,1-3H3/t15-,17-,18-,19-/m1/s1. The molecule has 1 fully saturated rings. The number of benzene rings is 1. The molecular formula is C21H25F2N5O6. The minimum Gasteiger partial charge on any atom is -0.497 e. The molecule has 34 heavy (non-hydrogen) atoms. The number of halogens is 2. The highest BCUT2D eigenvalue weighted by atomic mass is 19.3. The van der Waals surface area contributed by atoms with Crippen molar-refractivity contribution >= 4 is 0 Å². The van der Waals surface area contributed by atoms with Crippen LogP contribution in [0.15, 0.2) is 51.2 Å². The molecule has 0 unspecified atom stereocenters. The molecule has 4 atom stereocenters. The summed E-state index contributed by atoms with van der Waals surface area (Å²) in [5, 5.41) is 3.59. The fraction of sp³-hybridized carbons (Fsp3) is 0.524. The average Bonchev–Trinajstić information content (AvgIpc) is 3.13. The molecule has 1 aliphatic heterocycles. The van der Waals surface area contributed by atoms with Crippen molar-refractivity contribution in [1.82, 2.24) is 9.13 Å². The Morgan fingerprint density at radius 2 is 1.91 bits per heavy atom. The molecule has 1 saturated heterocycles. The fourth-order valence-corrected chi connectivity index (χ4v) is 3.79. The topological polar surface area (TPSA) is 130 Å². The molecule has 1 aromatic carbocycles. The third kappa shape index (κ3) is 5.45. The van der Waals surface area contributed by atoms with Gasteiger partial charge in [0.15, 0.2) is 6.23 Å². The summed E-state index contributed by atoms with van der Waals surface area (Å²) in [4.78, 5) is 28.4.